The molecule has 3 aromatic rings. The van der Waals surface area contributed by atoms with Gasteiger partial charge in [0.25, 0.3) is 5.91 Å². The number of anilines is 1. The lowest BCUT2D eigenvalue weighted by molar-refractivity contribution is -0.126. The van der Waals surface area contributed by atoms with E-state index in [0.29, 0.717) is 5.69 Å². The van der Waals surface area contributed by atoms with Gasteiger partial charge in [-0.05, 0) is 48.6 Å². The van der Waals surface area contributed by atoms with Crippen molar-refractivity contribution in [2.45, 2.75) is 44.2 Å². The Bertz CT molecular complexity index is 1040. The standard InChI is InChI=1S/C25H27N3O4S/c29-22(17-26-24(30)20-13-7-15-32-20)28(19-11-5-2-6-12-19)23(21-14-8-16-33-21)25(31)27-18-9-3-1-4-10-18/h2,5-8,11-16,18,23H,1,3-4,9-10,17H2,(H,26,30)(H,27,31)/t23-/m0/s1. The molecule has 1 fully saturated rings. The predicted molar refractivity (Wildman–Crippen MR) is 127 cm³/mol. The zero-order chi connectivity index (χ0) is 23.0. The summed E-state index contributed by atoms with van der Waals surface area (Å²) in [5.74, 6) is -0.961. The minimum Gasteiger partial charge on any atom is -0.459 e. The molecule has 0 bridgehead atoms. The zero-order valence-electron chi connectivity index (χ0n) is 18.2. The van der Waals surface area contributed by atoms with Crippen LogP contribution in [0, 0.1) is 0 Å². The lowest BCUT2D eigenvalue weighted by Crippen LogP contribution is -2.49. The first-order valence-electron chi connectivity index (χ1n) is 11.2. The number of nitrogens with one attached hydrogen (secondary N) is 2. The van der Waals surface area contributed by atoms with Gasteiger partial charge in [-0.1, -0.05) is 43.5 Å². The quantitative estimate of drug-likeness (QED) is 0.519. The highest BCUT2D eigenvalue weighted by Gasteiger charge is 2.34. The van der Waals surface area contributed by atoms with Crippen LogP contribution in [0.2, 0.25) is 0 Å². The Balaban J connectivity index is 1.60. The van der Waals surface area contributed by atoms with Gasteiger partial charge in [-0.2, -0.15) is 0 Å². The Hall–Kier alpha value is -3.39. The summed E-state index contributed by atoms with van der Waals surface area (Å²) in [5.41, 5.74) is 0.590. The maximum absolute atomic E-state index is 13.6. The normalized spacial score (nSPS) is 14.9. The smallest absolute Gasteiger partial charge is 0.287 e. The number of carbonyl (C=O) groups excluding carboxylic acids is 3. The number of para-hydroxylation sites is 1. The summed E-state index contributed by atoms with van der Waals surface area (Å²) in [7, 11) is 0. The Morgan fingerprint density at radius 2 is 1.79 bits per heavy atom. The van der Waals surface area contributed by atoms with E-state index in [0.717, 1.165) is 30.6 Å². The minimum atomic E-state index is -0.831. The summed E-state index contributed by atoms with van der Waals surface area (Å²) in [5, 5.41) is 7.67. The molecule has 8 heteroatoms. The van der Waals surface area contributed by atoms with E-state index in [4.69, 9.17) is 4.42 Å². The second-order valence-electron chi connectivity index (χ2n) is 8.02. The molecule has 2 heterocycles. The van der Waals surface area contributed by atoms with Crippen LogP contribution in [0.25, 0.3) is 0 Å². The molecule has 1 saturated carbocycles. The van der Waals surface area contributed by atoms with Crippen molar-refractivity contribution in [3.05, 3.63) is 76.9 Å². The molecule has 1 atom stereocenters. The fourth-order valence-corrected chi connectivity index (χ4v) is 4.92. The highest BCUT2D eigenvalue weighted by atomic mass is 32.1. The van der Waals surface area contributed by atoms with Gasteiger partial charge < -0.3 is 15.1 Å². The van der Waals surface area contributed by atoms with Crippen LogP contribution in [-0.4, -0.2) is 30.3 Å². The van der Waals surface area contributed by atoms with Crippen molar-refractivity contribution in [2.24, 2.45) is 0 Å². The molecule has 0 unspecified atom stereocenters. The summed E-state index contributed by atoms with van der Waals surface area (Å²) in [6, 6.07) is 15.2. The van der Waals surface area contributed by atoms with Gasteiger partial charge in [-0.25, -0.2) is 0 Å². The van der Waals surface area contributed by atoms with Gasteiger partial charge in [-0.3, -0.25) is 19.3 Å². The van der Waals surface area contributed by atoms with E-state index in [2.05, 4.69) is 10.6 Å². The third-order valence-corrected chi connectivity index (χ3v) is 6.64. The number of benzene rings is 1. The molecule has 33 heavy (non-hydrogen) atoms. The molecule has 0 radical (unpaired) electrons. The first-order valence-corrected chi connectivity index (χ1v) is 12.0. The lowest BCUT2D eigenvalue weighted by Gasteiger charge is -2.32. The molecule has 7 nitrogen and oxygen atoms in total. The molecule has 3 amide bonds. The van der Waals surface area contributed by atoms with Gasteiger partial charge in [0.2, 0.25) is 11.8 Å². The van der Waals surface area contributed by atoms with Gasteiger partial charge in [0.1, 0.15) is 6.04 Å². The summed E-state index contributed by atoms with van der Waals surface area (Å²) in [4.78, 5) is 41.6. The van der Waals surface area contributed by atoms with Crippen molar-refractivity contribution >= 4 is 34.7 Å². The Morgan fingerprint density at radius 3 is 2.45 bits per heavy atom. The average Bonchev–Trinajstić information content (AvgIpc) is 3.56. The van der Waals surface area contributed by atoms with Crippen LogP contribution in [0.1, 0.15) is 53.6 Å². The van der Waals surface area contributed by atoms with Crippen molar-refractivity contribution in [3.8, 4) is 0 Å². The molecular weight excluding hydrogens is 438 g/mol. The molecule has 4 rings (SSSR count). The van der Waals surface area contributed by atoms with Crippen LogP contribution in [-0.2, 0) is 9.59 Å². The molecule has 2 N–H and O–H groups in total. The van der Waals surface area contributed by atoms with E-state index in [-0.39, 0.29) is 24.3 Å². The largest absolute Gasteiger partial charge is 0.459 e. The maximum Gasteiger partial charge on any atom is 0.287 e. The van der Waals surface area contributed by atoms with Crippen molar-refractivity contribution in [1.82, 2.24) is 10.6 Å². The number of carbonyl (C=O) groups is 3. The van der Waals surface area contributed by atoms with Gasteiger partial charge in [-0.15, -0.1) is 11.3 Å². The average molecular weight is 466 g/mol. The number of amides is 3. The number of hydrogen-bond donors (Lipinski definition) is 2. The summed E-state index contributed by atoms with van der Waals surface area (Å²) < 4.78 is 5.10. The molecule has 1 aromatic carbocycles. The fourth-order valence-electron chi connectivity index (χ4n) is 4.11. The summed E-state index contributed by atoms with van der Waals surface area (Å²) in [6.07, 6.45) is 6.66. The molecule has 1 aliphatic carbocycles. The third-order valence-electron chi connectivity index (χ3n) is 5.72. The molecule has 0 spiro atoms. The predicted octanol–water partition coefficient (Wildman–Crippen LogP) is 4.29. The number of rotatable bonds is 8. The first-order chi connectivity index (χ1) is 16.1. The molecule has 172 valence electrons. The van der Waals surface area contributed by atoms with E-state index in [1.54, 1.807) is 18.2 Å². The number of hydrogen-bond acceptors (Lipinski definition) is 5. The van der Waals surface area contributed by atoms with Crippen LogP contribution < -0.4 is 15.5 Å². The topological polar surface area (TPSA) is 91.7 Å². The van der Waals surface area contributed by atoms with E-state index >= 15 is 0 Å². The second-order valence-corrected chi connectivity index (χ2v) is 9.00. The van der Waals surface area contributed by atoms with Crippen LogP contribution in [0.5, 0.6) is 0 Å². The first kappa shape index (κ1) is 22.8. The Kier molecular flexibility index (Phi) is 7.57. The zero-order valence-corrected chi connectivity index (χ0v) is 19.1. The van der Waals surface area contributed by atoms with E-state index < -0.39 is 17.9 Å². The van der Waals surface area contributed by atoms with Gasteiger partial charge in [0.05, 0.1) is 12.8 Å². The number of furan rings is 1. The molecule has 1 aliphatic rings. The monoisotopic (exact) mass is 465 g/mol. The fraction of sp³-hybridized carbons (Fsp3) is 0.320. The highest BCUT2D eigenvalue weighted by Crippen LogP contribution is 2.31. The Morgan fingerprint density at radius 1 is 1.00 bits per heavy atom. The molecule has 0 saturated heterocycles. The summed E-state index contributed by atoms with van der Waals surface area (Å²) in [6.45, 7) is -0.271. The van der Waals surface area contributed by atoms with E-state index in [1.165, 1.54) is 35.0 Å². The number of thiophene rings is 1. The molecule has 0 aliphatic heterocycles. The van der Waals surface area contributed by atoms with Gasteiger partial charge in [0, 0.05) is 16.6 Å². The maximum atomic E-state index is 13.6. The van der Waals surface area contributed by atoms with E-state index in [1.807, 2.05) is 35.7 Å². The van der Waals surface area contributed by atoms with Crippen molar-refractivity contribution in [1.29, 1.82) is 0 Å². The second kappa shape index (κ2) is 11.0. The minimum absolute atomic E-state index is 0.111. The van der Waals surface area contributed by atoms with Crippen molar-refractivity contribution in [2.75, 3.05) is 11.4 Å². The van der Waals surface area contributed by atoms with Crippen molar-refractivity contribution in [3.63, 3.8) is 0 Å². The van der Waals surface area contributed by atoms with Crippen LogP contribution >= 0.6 is 11.3 Å². The highest BCUT2D eigenvalue weighted by molar-refractivity contribution is 7.10. The third kappa shape index (κ3) is 5.70. The van der Waals surface area contributed by atoms with Crippen LogP contribution in [0.4, 0.5) is 5.69 Å². The molecular formula is C25H27N3O4S. The SMILES string of the molecule is O=C(NCC(=O)N(c1ccccc1)[C@H](C(=O)NC1CCCCC1)c1cccs1)c1ccco1. The number of nitrogens with zero attached hydrogens (tertiary/aromatic N) is 1. The van der Waals surface area contributed by atoms with Gasteiger partial charge in [0.15, 0.2) is 5.76 Å². The van der Waals surface area contributed by atoms with Crippen LogP contribution in [0.3, 0.4) is 0 Å². The lowest BCUT2D eigenvalue weighted by atomic mass is 9.95. The van der Waals surface area contributed by atoms with Gasteiger partial charge >= 0.3 is 0 Å². The van der Waals surface area contributed by atoms with Crippen molar-refractivity contribution < 1.29 is 18.8 Å². The van der Waals surface area contributed by atoms with E-state index in [9.17, 15) is 14.4 Å². The van der Waals surface area contributed by atoms with Crippen LogP contribution in [0.15, 0.2) is 70.7 Å². The Labute approximate surface area is 196 Å². The summed E-state index contributed by atoms with van der Waals surface area (Å²) >= 11 is 1.43. The molecule has 2 aromatic heterocycles.